The molecule has 0 amide bonds. The van der Waals surface area contributed by atoms with Crippen LogP contribution in [-0.4, -0.2) is 0 Å². The van der Waals surface area contributed by atoms with Crippen LogP contribution in [0, 0.1) is 0 Å². The molecule has 64 valence electrons. The summed E-state index contributed by atoms with van der Waals surface area (Å²) < 4.78 is 0. The van der Waals surface area contributed by atoms with E-state index in [0.29, 0.717) is 0 Å². The van der Waals surface area contributed by atoms with Gasteiger partial charge in [0.25, 0.3) is 0 Å². The van der Waals surface area contributed by atoms with Crippen molar-refractivity contribution in [3.63, 3.8) is 0 Å². The van der Waals surface area contributed by atoms with Crippen molar-refractivity contribution in [2.24, 2.45) is 0 Å². The fourth-order valence-electron chi connectivity index (χ4n) is 1.74. The fourth-order valence-corrected chi connectivity index (χ4v) is 1.74. The number of nitrogens with one attached hydrogen (secondary N) is 2. The normalized spacial score (nSPS) is 17.5. The van der Waals surface area contributed by atoms with Gasteiger partial charge in [-0.3, -0.25) is 0 Å². The van der Waals surface area contributed by atoms with Gasteiger partial charge in [0.2, 0.25) is 0 Å². The van der Waals surface area contributed by atoms with Gasteiger partial charge in [-0.1, -0.05) is 24.3 Å². The van der Waals surface area contributed by atoms with Crippen LogP contribution in [-0.2, 0) is 0 Å². The van der Waals surface area contributed by atoms with E-state index in [0.717, 1.165) is 17.8 Å². The van der Waals surface area contributed by atoms with E-state index < -0.39 is 0 Å². The molecule has 0 fully saturated rings. The van der Waals surface area contributed by atoms with Crippen molar-refractivity contribution < 1.29 is 0 Å². The number of fused-ring (bicyclic) bond motifs is 2. The largest absolute Gasteiger partial charge is 0.352 e. The van der Waals surface area contributed by atoms with E-state index in [9.17, 15) is 0 Å². The van der Waals surface area contributed by atoms with Crippen LogP contribution in [0.25, 0.3) is 0 Å². The number of rotatable bonds is 0. The molecule has 13 heavy (non-hydrogen) atoms. The quantitative estimate of drug-likeness (QED) is 0.625. The molecule has 0 saturated carbocycles. The molecule has 0 saturated heterocycles. The molecule has 1 aromatic carbocycles. The smallest absolute Gasteiger partial charge is 0.0624 e. The van der Waals surface area contributed by atoms with E-state index in [-0.39, 0.29) is 0 Å². The van der Waals surface area contributed by atoms with Crippen molar-refractivity contribution in [1.82, 2.24) is 0 Å². The molecule has 1 aromatic rings. The third kappa shape index (κ3) is 0.952. The highest BCUT2D eigenvalue weighted by atomic mass is 15.1. The van der Waals surface area contributed by atoms with E-state index >= 15 is 0 Å². The average Bonchev–Trinajstić information content (AvgIpc) is 2.61. The summed E-state index contributed by atoms with van der Waals surface area (Å²) in [6.07, 6.45) is 5.41. The summed E-state index contributed by atoms with van der Waals surface area (Å²) in [6, 6.07) is 8.24. The van der Waals surface area contributed by atoms with Gasteiger partial charge < -0.3 is 10.6 Å². The first kappa shape index (κ1) is 6.78. The maximum atomic E-state index is 3.39. The predicted molar refractivity (Wildman–Crippen MR) is 54.5 cm³/mol. The lowest BCUT2D eigenvalue weighted by Gasteiger charge is -2.23. The lowest BCUT2D eigenvalue weighted by atomic mass is 10.2. The summed E-state index contributed by atoms with van der Waals surface area (Å²) in [7, 11) is 0. The monoisotopic (exact) mass is 170 g/mol. The number of hydrogen-bond acceptors (Lipinski definition) is 2. The van der Waals surface area contributed by atoms with Crippen molar-refractivity contribution in [3.05, 3.63) is 47.8 Å². The van der Waals surface area contributed by atoms with E-state index in [1.165, 1.54) is 11.4 Å². The van der Waals surface area contributed by atoms with Gasteiger partial charge in [0.05, 0.1) is 22.8 Å². The minimum atomic E-state index is 1.03. The van der Waals surface area contributed by atoms with Crippen LogP contribution in [0.2, 0.25) is 0 Å². The van der Waals surface area contributed by atoms with E-state index in [1.807, 2.05) is 12.1 Å². The lowest BCUT2D eigenvalue weighted by molar-refractivity contribution is 1.31. The standard InChI is InChI=1S/C11H10N2/c1-2-5-9-8(4-1)12-10-6-3-7-11(10)13-9/h1-2,4-7,12-13H,3H2. The van der Waals surface area contributed by atoms with Crippen molar-refractivity contribution in [3.8, 4) is 0 Å². The Morgan fingerprint density at radius 1 is 0.846 bits per heavy atom. The Morgan fingerprint density at radius 2 is 1.38 bits per heavy atom. The van der Waals surface area contributed by atoms with Gasteiger partial charge in [-0.2, -0.15) is 0 Å². The molecule has 0 spiro atoms. The minimum absolute atomic E-state index is 1.03. The van der Waals surface area contributed by atoms with E-state index in [2.05, 4.69) is 34.9 Å². The van der Waals surface area contributed by atoms with Gasteiger partial charge in [-0.05, 0) is 18.6 Å². The van der Waals surface area contributed by atoms with Crippen LogP contribution >= 0.6 is 0 Å². The van der Waals surface area contributed by atoms with Crippen LogP contribution in [0.1, 0.15) is 6.42 Å². The van der Waals surface area contributed by atoms with Gasteiger partial charge >= 0.3 is 0 Å². The molecular weight excluding hydrogens is 160 g/mol. The average molecular weight is 170 g/mol. The summed E-state index contributed by atoms with van der Waals surface area (Å²) in [5.74, 6) is 0. The molecular formula is C11H10N2. The second-order valence-corrected chi connectivity index (χ2v) is 3.27. The maximum absolute atomic E-state index is 3.39. The third-order valence-corrected chi connectivity index (χ3v) is 2.40. The fraction of sp³-hybridized carbons (Fsp3) is 0.0909. The summed E-state index contributed by atoms with van der Waals surface area (Å²) in [5.41, 5.74) is 4.73. The van der Waals surface area contributed by atoms with Crippen LogP contribution in [0.3, 0.4) is 0 Å². The van der Waals surface area contributed by atoms with Gasteiger partial charge in [-0.25, -0.2) is 0 Å². The Labute approximate surface area is 77.0 Å². The highest BCUT2D eigenvalue weighted by Crippen LogP contribution is 2.33. The molecule has 2 heteroatoms. The highest BCUT2D eigenvalue weighted by molar-refractivity contribution is 5.79. The van der Waals surface area contributed by atoms with Crippen LogP contribution in [0.4, 0.5) is 11.4 Å². The number of hydrogen-bond donors (Lipinski definition) is 2. The van der Waals surface area contributed by atoms with Crippen LogP contribution in [0.5, 0.6) is 0 Å². The summed E-state index contributed by atoms with van der Waals surface area (Å²) >= 11 is 0. The molecule has 0 atom stereocenters. The molecule has 1 heterocycles. The maximum Gasteiger partial charge on any atom is 0.0624 e. The van der Waals surface area contributed by atoms with Gasteiger partial charge in [-0.15, -0.1) is 0 Å². The second-order valence-electron chi connectivity index (χ2n) is 3.27. The molecule has 0 radical (unpaired) electrons. The zero-order valence-corrected chi connectivity index (χ0v) is 7.17. The molecule has 0 aromatic heterocycles. The van der Waals surface area contributed by atoms with Gasteiger partial charge in [0.15, 0.2) is 0 Å². The van der Waals surface area contributed by atoms with Crippen LogP contribution in [0.15, 0.2) is 47.8 Å². The molecule has 1 aliphatic heterocycles. The molecule has 0 bridgehead atoms. The summed E-state index contributed by atoms with van der Waals surface area (Å²) in [4.78, 5) is 0. The molecule has 2 nitrogen and oxygen atoms in total. The number of benzene rings is 1. The number of anilines is 2. The predicted octanol–water partition coefficient (Wildman–Crippen LogP) is 2.70. The molecule has 2 aliphatic rings. The highest BCUT2D eigenvalue weighted by Gasteiger charge is 2.17. The number of para-hydroxylation sites is 2. The molecule has 1 aliphatic carbocycles. The van der Waals surface area contributed by atoms with Crippen molar-refractivity contribution in [2.75, 3.05) is 10.6 Å². The van der Waals surface area contributed by atoms with Crippen LogP contribution < -0.4 is 10.6 Å². The third-order valence-electron chi connectivity index (χ3n) is 2.40. The van der Waals surface area contributed by atoms with E-state index in [4.69, 9.17) is 0 Å². The van der Waals surface area contributed by atoms with Gasteiger partial charge in [0.1, 0.15) is 0 Å². The Bertz CT molecular complexity index is 377. The summed E-state index contributed by atoms with van der Waals surface area (Å²) in [5, 5.41) is 6.78. The zero-order chi connectivity index (χ0) is 8.67. The zero-order valence-electron chi connectivity index (χ0n) is 7.17. The Balaban J connectivity index is 2.12. The van der Waals surface area contributed by atoms with Crippen molar-refractivity contribution in [1.29, 1.82) is 0 Å². The minimum Gasteiger partial charge on any atom is -0.352 e. The van der Waals surface area contributed by atoms with Crippen molar-refractivity contribution >= 4 is 11.4 Å². The van der Waals surface area contributed by atoms with E-state index in [1.54, 1.807) is 0 Å². The molecule has 2 N–H and O–H groups in total. The Hall–Kier alpha value is -1.70. The van der Waals surface area contributed by atoms with Gasteiger partial charge in [0, 0.05) is 0 Å². The molecule has 3 rings (SSSR count). The lowest BCUT2D eigenvalue weighted by Crippen LogP contribution is -2.14. The van der Waals surface area contributed by atoms with Crippen molar-refractivity contribution in [2.45, 2.75) is 6.42 Å². The number of allylic oxidation sites excluding steroid dienone is 2. The first-order chi connectivity index (χ1) is 6.43. The first-order valence-corrected chi connectivity index (χ1v) is 4.47. The topological polar surface area (TPSA) is 24.1 Å². The second kappa shape index (κ2) is 2.39. The summed E-state index contributed by atoms with van der Waals surface area (Å²) in [6.45, 7) is 0. The SMILES string of the molecule is C1=C2Nc3ccccc3NC2=CC1. The Morgan fingerprint density at radius 3 is 1.92 bits per heavy atom. The molecule has 0 unspecified atom stereocenters. The Kier molecular flexibility index (Phi) is 1.25. The first-order valence-electron chi connectivity index (χ1n) is 4.47.